The van der Waals surface area contributed by atoms with Crippen molar-refractivity contribution in [2.45, 2.75) is 13.0 Å². The number of rotatable bonds is 4. The Labute approximate surface area is 118 Å². The van der Waals surface area contributed by atoms with E-state index < -0.39 is 0 Å². The van der Waals surface area contributed by atoms with Crippen molar-refractivity contribution in [2.75, 3.05) is 19.6 Å². The number of hydrogen-bond donors (Lipinski definition) is 1. The van der Waals surface area contributed by atoms with Gasteiger partial charge in [-0.05, 0) is 55.8 Å². The Kier molecular flexibility index (Phi) is 3.80. The number of nitrogens with zero attached hydrogens (tertiary/aromatic N) is 3. The molecule has 0 bridgehead atoms. The molecule has 106 valence electrons. The van der Waals surface area contributed by atoms with Crippen LogP contribution in [0.2, 0.25) is 0 Å². The summed E-state index contributed by atoms with van der Waals surface area (Å²) in [5.74, 6) is 0.380. The van der Waals surface area contributed by atoms with E-state index in [4.69, 9.17) is 5.73 Å². The van der Waals surface area contributed by atoms with Crippen LogP contribution in [0.15, 0.2) is 36.5 Å². The van der Waals surface area contributed by atoms with E-state index in [2.05, 4.69) is 10.00 Å². The van der Waals surface area contributed by atoms with Crippen molar-refractivity contribution in [3.8, 4) is 5.69 Å². The zero-order chi connectivity index (χ0) is 13.9. The Morgan fingerprint density at radius 1 is 1.25 bits per heavy atom. The Morgan fingerprint density at radius 3 is 2.75 bits per heavy atom. The van der Waals surface area contributed by atoms with E-state index in [1.54, 1.807) is 18.3 Å². The third-order valence-corrected chi connectivity index (χ3v) is 3.88. The largest absolute Gasteiger partial charge is 0.330 e. The Morgan fingerprint density at radius 2 is 2.05 bits per heavy atom. The van der Waals surface area contributed by atoms with Gasteiger partial charge in [0.25, 0.3) is 0 Å². The summed E-state index contributed by atoms with van der Waals surface area (Å²) in [6.07, 6.45) is 2.95. The second-order valence-electron chi connectivity index (χ2n) is 5.34. The molecule has 1 aromatic carbocycles. The topological polar surface area (TPSA) is 47.1 Å². The van der Waals surface area contributed by atoms with Crippen LogP contribution < -0.4 is 5.73 Å². The van der Waals surface area contributed by atoms with E-state index in [9.17, 15) is 4.39 Å². The molecule has 1 saturated heterocycles. The molecule has 2 N–H and O–H groups in total. The van der Waals surface area contributed by atoms with E-state index in [-0.39, 0.29) is 5.82 Å². The first-order valence-electron chi connectivity index (χ1n) is 6.97. The van der Waals surface area contributed by atoms with Crippen LogP contribution >= 0.6 is 0 Å². The predicted molar refractivity (Wildman–Crippen MR) is 76.0 cm³/mol. The molecule has 0 saturated carbocycles. The maximum Gasteiger partial charge on any atom is 0.123 e. The van der Waals surface area contributed by atoms with E-state index in [0.717, 1.165) is 37.6 Å². The zero-order valence-corrected chi connectivity index (χ0v) is 11.4. The summed E-state index contributed by atoms with van der Waals surface area (Å²) < 4.78 is 14.9. The quantitative estimate of drug-likeness (QED) is 0.924. The Bertz CT molecular complexity index is 564. The number of hydrogen-bond acceptors (Lipinski definition) is 3. The number of likely N-dealkylation sites (tertiary alicyclic amines) is 1. The van der Waals surface area contributed by atoms with Crippen molar-refractivity contribution in [1.82, 2.24) is 14.7 Å². The summed E-state index contributed by atoms with van der Waals surface area (Å²) in [5, 5.41) is 4.34. The summed E-state index contributed by atoms with van der Waals surface area (Å²) in [6.45, 7) is 3.74. The maximum absolute atomic E-state index is 13.0. The van der Waals surface area contributed by atoms with Crippen LogP contribution in [-0.2, 0) is 6.54 Å². The van der Waals surface area contributed by atoms with Crippen LogP contribution in [-0.4, -0.2) is 34.3 Å². The summed E-state index contributed by atoms with van der Waals surface area (Å²) in [5.41, 5.74) is 7.73. The van der Waals surface area contributed by atoms with Gasteiger partial charge in [-0.2, -0.15) is 5.10 Å². The highest BCUT2D eigenvalue weighted by Crippen LogP contribution is 2.19. The molecule has 0 spiro atoms. The molecular weight excluding hydrogens is 255 g/mol. The molecule has 1 atom stereocenters. The van der Waals surface area contributed by atoms with Gasteiger partial charge in [0.1, 0.15) is 5.82 Å². The first-order valence-corrected chi connectivity index (χ1v) is 6.97. The van der Waals surface area contributed by atoms with Crippen LogP contribution in [0.3, 0.4) is 0 Å². The average molecular weight is 274 g/mol. The third-order valence-electron chi connectivity index (χ3n) is 3.88. The van der Waals surface area contributed by atoms with Gasteiger partial charge in [-0.3, -0.25) is 4.90 Å². The molecule has 0 radical (unpaired) electrons. The van der Waals surface area contributed by atoms with Crippen LogP contribution in [0.25, 0.3) is 5.69 Å². The molecular formula is C15H19FN4. The summed E-state index contributed by atoms with van der Waals surface area (Å²) in [6, 6.07) is 8.43. The predicted octanol–water partition coefficient (Wildman–Crippen LogP) is 1.79. The smallest absolute Gasteiger partial charge is 0.123 e. The molecule has 1 fully saturated rings. The number of nitrogens with two attached hydrogens (primary N) is 1. The minimum atomic E-state index is -0.229. The molecule has 0 amide bonds. The van der Waals surface area contributed by atoms with E-state index in [0.29, 0.717) is 5.92 Å². The van der Waals surface area contributed by atoms with Crippen molar-refractivity contribution in [2.24, 2.45) is 11.7 Å². The number of halogens is 1. The van der Waals surface area contributed by atoms with Gasteiger partial charge in [-0.25, -0.2) is 9.07 Å². The zero-order valence-electron chi connectivity index (χ0n) is 11.4. The SMILES string of the molecule is NCC1CCN(Cc2ccnn2-c2ccc(F)cc2)C1. The molecule has 5 heteroatoms. The molecule has 1 aliphatic rings. The van der Waals surface area contributed by atoms with Gasteiger partial charge >= 0.3 is 0 Å². The highest BCUT2D eigenvalue weighted by Gasteiger charge is 2.22. The van der Waals surface area contributed by atoms with E-state index in [1.165, 1.54) is 18.6 Å². The summed E-state index contributed by atoms with van der Waals surface area (Å²) in [4.78, 5) is 2.40. The first-order chi connectivity index (χ1) is 9.76. The van der Waals surface area contributed by atoms with Crippen molar-refractivity contribution < 1.29 is 4.39 Å². The van der Waals surface area contributed by atoms with Gasteiger partial charge in [0.15, 0.2) is 0 Å². The molecule has 4 nitrogen and oxygen atoms in total. The average Bonchev–Trinajstić information content (AvgIpc) is 3.09. The molecule has 2 heterocycles. The lowest BCUT2D eigenvalue weighted by molar-refractivity contribution is 0.311. The van der Waals surface area contributed by atoms with Crippen LogP contribution in [0.4, 0.5) is 4.39 Å². The third kappa shape index (κ3) is 2.73. The van der Waals surface area contributed by atoms with Gasteiger partial charge in [0.05, 0.1) is 11.4 Å². The van der Waals surface area contributed by atoms with Crippen LogP contribution in [0.5, 0.6) is 0 Å². The minimum absolute atomic E-state index is 0.229. The molecule has 1 aromatic heterocycles. The van der Waals surface area contributed by atoms with Crippen LogP contribution in [0.1, 0.15) is 12.1 Å². The fourth-order valence-electron chi connectivity index (χ4n) is 2.74. The highest BCUT2D eigenvalue weighted by molar-refractivity contribution is 5.32. The van der Waals surface area contributed by atoms with Crippen LogP contribution in [0, 0.1) is 11.7 Å². The lowest BCUT2D eigenvalue weighted by Crippen LogP contribution is -2.24. The minimum Gasteiger partial charge on any atom is -0.330 e. The normalized spacial score (nSPS) is 19.6. The van der Waals surface area contributed by atoms with E-state index >= 15 is 0 Å². The van der Waals surface area contributed by atoms with Crippen molar-refractivity contribution in [1.29, 1.82) is 0 Å². The molecule has 0 aliphatic carbocycles. The fourth-order valence-corrected chi connectivity index (χ4v) is 2.74. The van der Waals surface area contributed by atoms with Gasteiger partial charge in [0, 0.05) is 19.3 Å². The highest BCUT2D eigenvalue weighted by atomic mass is 19.1. The lowest BCUT2D eigenvalue weighted by atomic mass is 10.1. The van der Waals surface area contributed by atoms with Crippen molar-refractivity contribution in [3.63, 3.8) is 0 Å². The van der Waals surface area contributed by atoms with Crippen molar-refractivity contribution >= 4 is 0 Å². The molecule has 3 rings (SSSR count). The molecule has 1 aliphatic heterocycles. The van der Waals surface area contributed by atoms with Gasteiger partial charge < -0.3 is 5.73 Å². The molecule has 20 heavy (non-hydrogen) atoms. The van der Waals surface area contributed by atoms with E-state index in [1.807, 2.05) is 10.7 Å². The van der Waals surface area contributed by atoms with Gasteiger partial charge in [0.2, 0.25) is 0 Å². The second-order valence-corrected chi connectivity index (χ2v) is 5.34. The number of aromatic nitrogens is 2. The lowest BCUT2D eigenvalue weighted by Gasteiger charge is -2.16. The van der Waals surface area contributed by atoms with Gasteiger partial charge in [-0.15, -0.1) is 0 Å². The van der Waals surface area contributed by atoms with Crippen molar-refractivity contribution in [3.05, 3.63) is 48.0 Å². The fraction of sp³-hybridized carbons (Fsp3) is 0.400. The molecule has 2 aromatic rings. The Hall–Kier alpha value is -1.72. The maximum atomic E-state index is 13.0. The monoisotopic (exact) mass is 274 g/mol. The van der Waals surface area contributed by atoms with Gasteiger partial charge in [-0.1, -0.05) is 0 Å². The number of benzene rings is 1. The first kappa shape index (κ1) is 13.3. The summed E-state index contributed by atoms with van der Waals surface area (Å²) >= 11 is 0. The Balaban J connectivity index is 1.75. The second kappa shape index (κ2) is 5.73. The standard InChI is InChI=1S/C15H19FN4/c16-13-1-3-14(4-2-13)20-15(5-7-18-20)11-19-8-6-12(9-17)10-19/h1-5,7,12H,6,8-11,17H2. The summed E-state index contributed by atoms with van der Waals surface area (Å²) in [7, 11) is 0. The molecule has 1 unspecified atom stereocenters.